The van der Waals surface area contributed by atoms with Gasteiger partial charge in [-0.05, 0) is 46.9 Å². The van der Waals surface area contributed by atoms with Crippen LogP contribution in [0.3, 0.4) is 0 Å². The number of aromatic nitrogens is 1. The number of pyridine rings is 1. The van der Waals surface area contributed by atoms with Crippen molar-refractivity contribution in [1.82, 2.24) is 4.98 Å². The van der Waals surface area contributed by atoms with Gasteiger partial charge in [-0.25, -0.2) is 4.98 Å². The van der Waals surface area contributed by atoms with Crippen molar-refractivity contribution in [3.63, 3.8) is 0 Å². The molecule has 0 spiro atoms. The van der Waals surface area contributed by atoms with E-state index in [2.05, 4.69) is 49.3 Å². The van der Waals surface area contributed by atoms with Crippen LogP contribution in [0.4, 0.5) is 5.82 Å². The average molecular weight is 377 g/mol. The predicted octanol–water partition coefficient (Wildman–Crippen LogP) is 5.45. The molecule has 0 unspecified atom stereocenters. The lowest BCUT2D eigenvalue weighted by Crippen LogP contribution is -2.15. The average Bonchev–Trinajstić information content (AvgIpc) is 2.70. The fourth-order valence-corrected chi connectivity index (χ4v) is 2.93. The summed E-state index contributed by atoms with van der Waals surface area (Å²) in [6, 6.07) is 22.1. The molecule has 1 heterocycles. The molecule has 0 aliphatic heterocycles. The van der Waals surface area contributed by atoms with Crippen LogP contribution in [0.15, 0.2) is 72.9 Å². The molecule has 1 N–H and O–H groups in total. The van der Waals surface area contributed by atoms with Gasteiger partial charge in [-0.15, -0.1) is 0 Å². The first-order valence-corrected chi connectivity index (χ1v) is 9.61. The molecule has 28 heavy (non-hydrogen) atoms. The van der Waals surface area contributed by atoms with E-state index in [1.807, 2.05) is 48.5 Å². The van der Waals surface area contributed by atoms with Crippen LogP contribution in [0.1, 0.15) is 31.9 Å². The highest BCUT2D eigenvalue weighted by molar-refractivity contribution is 5.38. The van der Waals surface area contributed by atoms with Crippen molar-refractivity contribution in [2.45, 2.75) is 32.7 Å². The number of anilines is 1. The van der Waals surface area contributed by atoms with E-state index in [-0.39, 0.29) is 5.41 Å². The molecule has 3 rings (SSSR count). The molecule has 3 aromatic rings. The molecule has 0 bridgehead atoms. The second kappa shape index (κ2) is 9.27. The molecule has 0 fully saturated rings. The predicted molar refractivity (Wildman–Crippen MR) is 114 cm³/mol. The Labute approximate surface area is 167 Å². The summed E-state index contributed by atoms with van der Waals surface area (Å²) in [4.78, 5) is 4.27. The molecular weight excluding hydrogens is 348 g/mol. The Morgan fingerprint density at radius 1 is 0.857 bits per heavy atom. The highest BCUT2D eigenvalue weighted by Gasteiger charge is 2.18. The lowest BCUT2D eigenvalue weighted by molar-refractivity contribution is 0.214. The molecular formula is C24H28N2O2. The van der Waals surface area contributed by atoms with E-state index in [0.29, 0.717) is 19.8 Å². The van der Waals surface area contributed by atoms with Crippen LogP contribution in [0, 0.1) is 0 Å². The molecule has 0 saturated heterocycles. The van der Waals surface area contributed by atoms with Crippen molar-refractivity contribution < 1.29 is 9.47 Å². The zero-order valence-corrected chi connectivity index (χ0v) is 16.8. The quantitative estimate of drug-likeness (QED) is 0.531. The van der Waals surface area contributed by atoms with Crippen LogP contribution >= 0.6 is 0 Å². The monoisotopic (exact) mass is 376 g/mol. The molecule has 0 atom stereocenters. The molecule has 4 nitrogen and oxygen atoms in total. The largest absolute Gasteiger partial charge is 0.490 e. The van der Waals surface area contributed by atoms with Gasteiger partial charge in [0, 0.05) is 12.7 Å². The van der Waals surface area contributed by atoms with E-state index in [0.717, 1.165) is 22.9 Å². The Hall–Kier alpha value is -3.01. The van der Waals surface area contributed by atoms with Crippen molar-refractivity contribution in [2.24, 2.45) is 0 Å². The van der Waals surface area contributed by atoms with Crippen LogP contribution in [-0.2, 0) is 12.0 Å². The molecule has 0 amide bonds. The van der Waals surface area contributed by atoms with Gasteiger partial charge in [-0.2, -0.15) is 0 Å². The number of nitrogens with one attached hydrogen (secondary N) is 1. The third-order valence-electron chi connectivity index (χ3n) is 4.34. The van der Waals surface area contributed by atoms with Crippen LogP contribution in [0.2, 0.25) is 0 Å². The van der Waals surface area contributed by atoms with Crippen molar-refractivity contribution >= 4 is 5.82 Å². The fraction of sp³-hybridized carbons (Fsp3) is 0.292. The number of nitrogens with zero attached hydrogens (tertiary/aromatic N) is 1. The van der Waals surface area contributed by atoms with Gasteiger partial charge >= 0.3 is 0 Å². The molecule has 4 heteroatoms. The third-order valence-corrected chi connectivity index (χ3v) is 4.34. The summed E-state index contributed by atoms with van der Waals surface area (Å²) in [5.41, 5.74) is 2.39. The summed E-state index contributed by atoms with van der Waals surface area (Å²) in [6.45, 7) is 8.27. The number of benzene rings is 2. The van der Waals surface area contributed by atoms with Crippen molar-refractivity contribution in [3.05, 3.63) is 84.1 Å². The first-order chi connectivity index (χ1) is 13.5. The smallest absolute Gasteiger partial charge is 0.126 e. The zero-order valence-electron chi connectivity index (χ0n) is 16.8. The maximum Gasteiger partial charge on any atom is 0.126 e. The Morgan fingerprint density at radius 3 is 2.43 bits per heavy atom. The van der Waals surface area contributed by atoms with Gasteiger partial charge in [0.1, 0.15) is 30.5 Å². The number of hydrogen-bond donors (Lipinski definition) is 1. The SMILES string of the molecule is CC(C)(C)c1ccccc1OCCOc1cccc(CNc2ccccn2)c1. The highest BCUT2D eigenvalue weighted by Crippen LogP contribution is 2.30. The van der Waals surface area contributed by atoms with Crippen LogP contribution in [0.25, 0.3) is 0 Å². The summed E-state index contributed by atoms with van der Waals surface area (Å²) in [5, 5.41) is 3.31. The van der Waals surface area contributed by atoms with Gasteiger partial charge in [0.2, 0.25) is 0 Å². The van der Waals surface area contributed by atoms with E-state index >= 15 is 0 Å². The Bertz CT molecular complexity index is 873. The van der Waals surface area contributed by atoms with Crippen LogP contribution in [0.5, 0.6) is 11.5 Å². The van der Waals surface area contributed by atoms with Gasteiger partial charge in [0.15, 0.2) is 0 Å². The Kier molecular flexibility index (Phi) is 6.53. The number of ether oxygens (including phenoxy) is 2. The summed E-state index contributed by atoms with van der Waals surface area (Å²) in [7, 11) is 0. The first kappa shape index (κ1) is 19.7. The van der Waals surface area contributed by atoms with E-state index < -0.39 is 0 Å². The third kappa shape index (κ3) is 5.74. The van der Waals surface area contributed by atoms with Gasteiger partial charge in [-0.1, -0.05) is 57.2 Å². The van der Waals surface area contributed by atoms with E-state index in [1.54, 1.807) is 6.20 Å². The number of rotatable bonds is 8. The first-order valence-electron chi connectivity index (χ1n) is 9.61. The zero-order chi connectivity index (χ0) is 19.8. The molecule has 146 valence electrons. The second-order valence-electron chi connectivity index (χ2n) is 7.66. The molecule has 0 radical (unpaired) electrons. The number of hydrogen-bond acceptors (Lipinski definition) is 4. The van der Waals surface area contributed by atoms with E-state index in [1.165, 1.54) is 5.56 Å². The summed E-state index contributed by atoms with van der Waals surface area (Å²) in [6.07, 6.45) is 1.78. The van der Waals surface area contributed by atoms with Gasteiger partial charge in [0.05, 0.1) is 0 Å². The lowest BCUT2D eigenvalue weighted by Gasteiger charge is -2.22. The van der Waals surface area contributed by atoms with Crippen molar-refractivity contribution in [1.29, 1.82) is 0 Å². The maximum atomic E-state index is 5.98. The Balaban J connectivity index is 1.49. The normalized spacial score (nSPS) is 11.1. The summed E-state index contributed by atoms with van der Waals surface area (Å²) < 4.78 is 11.9. The summed E-state index contributed by atoms with van der Waals surface area (Å²) in [5.74, 6) is 2.62. The lowest BCUT2D eigenvalue weighted by atomic mass is 9.86. The van der Waals surface area contributed by atoms with Crippen molar-refractivity contribution in [2.75, 3.05) is 18.5 Å². The maximum absolute atomic E-state index is 5.98. The summed E-state index contributed by atoms with van der Waals surface area (Å²) >= 11 is 0. The fourth-order valence-electron chi connectivity index (χ4n) is 2.93. The number of para-hydroxylation sites is 1. The van der Waals surface area contributed by atoms with Gasteiger partial charge < -0.3 is 14.8 Å². The molecule has 1 aromatic heterocycles. The van der Waals surface area contributed by atoms with Gasteiger partial charge in [0.25, 0.3) is 0 Å². The standard InChI is InChI=1S/C24H28N2O2/c1-24(2,3)21-11-4-5-12-22(21)28-16-15-27-20-10-8-9-19(17-20)18-26-23-13-6-7-14-25-23/h4-14,17H,15-16,18H2,1-3H3,(H,25,26). The minimum atomic E-state index is 0.0480. The van der Waals surface area contributed by atoms with Crippen LogP contribution in [-0.4, -0.2) is 18.2 Å². The minimum Gasteiger partial charge on any atom is -0.490 e. The van der Waals surface area contributed by atoms with Gasteiger partial charge in [-0.3, -0.25) is 0 Å². The topological polar surface area (TPSA) is 43.4 Å². The van der Waals surface area contributed by atoms with Crippen molar-refractivity contribution in [3.8, 4) is 11.5 Å². The van der Waals surface area contributed by atoms with Crippen LogP contribution < -0.4 is 14.8 Å². The molecule has 2 aromatic carbocycles. The molecule has 0 aliphatic rings. The molecule has 0 saturated carbocycles. The minimum absolute atomic E-state index is 0.0480. The van der Waals surface area contributed by atoms with E-state index in [4.69, 9.17) is 9.47 Å². The highest BCUT2D eigenvalue weighted by atomic mass is 16.5. The second-order valence-corrected chi connectivity index (χ2v) is 7.66. The molecule has 0 aliphatic carbocycles. The van der Waals surface area contributed by atoms with E-state index in [9.17, 15) is 0 Å². The Morgan fingerprint density at radius 2 is 1.64 bits per heavy atom.